The highest BCUT2D eigenvalue weighted by atomic mass is 16.4. The van der Waals surface area contributed by atoms with E-state index in [1.54, 1.807) is 12.5 Å². The minimum atomic E-state index is -0.939. The number of imidazole rings is 1. The fourth-order valence-corrected chi connectivity index (χ4v) is 1.04. The summed E-state index contributed by atoms with van der Waals surface area (Å²) in [7, 11) is 0. The predicted molar refractivity (Wildman–Crippen MR) is 47.1 cm³/mol. The standard InChI is InChI=1S/C8H13N3O2/c9-7(8(12)13)2-1-4-11-5-3-10-6-11/h3,5-7H,1-2,4,9H2,(H,12,13)/t7-/m1/s1. The highest BCUT2D eigenvalue weighted by Crippen LogP contribution is 1.98. The van der Waals surface area contributed by atoms with Crippen LogP contribution in [0.15, 0.2) is 18.7 Å². The first-order valence-corrected chi connectivity index (χ1v) is 4.14. The summed E-state index contributed by atoms with van der Waals surface area (Å²) in [6.07, 6.45) is 6.48. The van der Waals surface area contributed by atoms with E-state index in [1.165, 1.54) is 0 Å². The van der Waals surface area contributed by atoms with Gasteiger partial charge in [0.05, 0.1) is 6.33 Å². The van der Waals surface area contributed by atoms with Crippen molar-refractivity contribution < 1.29 is 9.90 Å². The van der Waals surface area contributed by atoms with Crippen LogP contribution in [0.5, 0.6) is 0 Å². The molecule has 1 aromatic rings. The van der Waals surface area contributed by atoms with Crippen molar-refractivity contribution in [2.45, 2.75) is 25.4 Å². The van der Waals surface area contributed by atoms with E-state index in [-0.39, 0.29) is 0 Å². The smallest absolute Gasteiger partial charge is 0.320 e. The van der Waals surface area contributed by atoms with Crippen LogP contribution < -0.4 is 5.73 Å². The number of nitrogens with two attached hydrogens (primary N) is 1. The van der Waals surface area contributed by atoms with Crippen molar-refractivity contribution in [3.05, 3.63) is 18.7 Å². The third kappa shape index (κ3) is 3.25. The third-order valence-corrected chi connectivity index (χ3v) is 1.81. The molecule has 0 saturated heterocycles. The van der Waals surface area contributed by atoms with E-state index >= 15 is 0 Å². The molecule has 5 heteroatoms. The number of hydrogen-bond acceptors (Lipinski definition) is 3. The van der Waals surface area contributed by atoms with Gasteiger partial charge in [-0.25, -0.2) is 4.98 Å². The van der Waals surface area contributed by atoms with Gasteiger partial charge in [0.25, 0.3) is 0 Å². The third-order valence-electron chi connectivity index (χ3n) is 1.81. The SMILES string of the molecule is N[C@H](CCCn1ccnc1)C(=O)O. The van der Waals surface area contributed by atoms with Crippen molar-refractivity contribution in [3.63, 3.8) is 0 Å². The lowest BCUT2D eigenvalue weighted by Crippen LogP contribution is -2.30. The molecule has 1 aromatic heterocycles. The summed E-state index contributed by atoms with van der Waals surface area (Å²) in [4.78, 5) is 14.2. The van der Waals surface area contributed by atoms with Crippen LogP contribution in [0.1, 0.15) is 12.8 Å². The minimum Gasteiger partial charge on any atom is -0.480 e. The Labute approximate surface area is 76.2 Å². The molecule has 1 atom stereocenters. The minimum absolute atomic E-state index is 0.494. The number of carbonyl (C=O) groups is 1. The zero-order valence-electron chi connectivity index (χ0n) is 7.26. The predicted octanol–water partition coefficient (Wildman–Crippen LogP) is 0.0752. The van der Waals surface area contributed by atoms with Crippen LogP contribution in [-0.4, -0.2) is 26.7 Å². The Morgan fingerprint density at radius 1 is 1.69 bits per heavy atom. The molecule has 13 heavy (non-hydrogen) atoms. The molecule has 0 aliphatic carbocycles. The van der Waals surface area contributed by atoms with Crippen LogP contribution >= 0.6 is 0 Å². The molecule has 0 radical (unpaired) electrons. The molecule has 0 aromatic carbocycles. The number of nitrogens with zero attached hydrogens (tertiary/aromatic N) is 2. The first-order chi connectivity index (χ1) is 6.20. The van der Waals surface area contributed by atoms with E-state index in [0.29, 0.717) is 6.42 Å². The molecule has 0 bridgehead atoms. The lowest BCUT2D eigenvalue weighted by molar-refractivity contribution is -0.138. The Morgan fingerprint density at radius 3 is 3.00 bits per heavy atom. The number of aryl methyl sites for hydroxylation is 1. The van der Waals surface area contributed by atoms with E-state index in [4.69, 9.17) is 10.8 Å². The molecule has 0 spiro atoms. The van der Waals surface area contributed by atoms with Crippen LogP contribution in [0.3, 0.4) is 0 Å². The number of rotatable bonds is 5. The summed E-state index contributed by atoms with van der Waals surface area (Å²) < 4.78 is 1.90. The van der Waals surface area contributed by atoms with Crippen molar-refractivity contribution in [1.82, 2.24) is 9.55 Å². The fraction of sp³-hybridized carbons (Fsp3) is 0.500. The van der Waals surface area contributed by atoms with E-state index in [9.17, 15) is 4.79 Å². The van der Waals surface area contributed by atoms with Crippen molar-refractivity contribution in [3.8, 4) is 0 Å². The summed E-state index contributed by atoms with van der Waals surface area (Å²) in [6, 6.07) is -0.747. The zero-order chi connectivity index (χ0) is 9.68. The lowest BCUT2D eigenvalue weighted by Gasteiger charge is -2.05. The number of aromatic nitrogens is 2. The first-order valence-electron chi connectivity index (χ1n) is 4.14. The van der Waals surface area contributed by atoms with Crippen LogP contribution in [-0.2, 0) is 11.3 Å². The van der Waals surface area contributed by atoms with E-state index in [0.717, 1.165) is 13.0 Å². The summed E-state index contributed by atoms with van der Waals surface area (Å²) in [5.41, 5.74) is 5.33. The normalized spacial score (nSPS) is 12.7. The average molecular weight is 183 g/mol. The Kier molecular flexibility index (Phi) is 3.45. The van der Waals surface area contributed by atoms with Gasteiger partial charge in [0.1, 0.15) is 6.04 Å². The lowest BCUT2D eigenvalue weighted by atomic mass is 10.2. The number of carboxylic acids is 1. The monoisotopic (exact) mass is 183 g/mol. The second kappa shape index (κ2) is 4.61. The second-order valence-electron chi connectivity index (χ2n) is 2.89. The largest absolute Gasteiger partial charge is 0.480 e. The fourth-order valence-electron chi connectivity index (χ4n) is 1.04. The molecule has 72 valence electrons. The molecule has 3 N–H and O–H groups in total. The summed E-state index contributed by atoms with van der Waals surface area (Å²) in [6.45, 7) is 0.765. The number of aliphatic carboxylic acids is 1. The van der Waals surface area contributed by atoms with Crippen molar-refractivity contribution in [1.29, 1.82) is 0 Å². The topological polar surface area (TPSA) is 81.1 Å². The van der Waals surface area contributed by atoms with Crippen LogP contribution in [0.2, 0.25) is 0 Å². The van der Waals surface area contributed by atoms with Crippen LogP contribution in [0.25, 0.3) is 0 Å². The molecule has 5 nitrogen and oxygen atoms in total. The Balaban J connectivity index is 2.18. The molecule has 0 saturated carbocycles. The molecule has 0 aliphatic heterocycles. The zero-order valence-corrected chi connectivity index (χ0v) is 7.26. The second-order valence-corrected chi connectivity index (χ2v) is 2.89. The maximum Gasteiger partial charge on any atom is 0.320 e. The molecule has 1 rings (SSSR count). The highest BCUT2D eigenvalue weighted by Gasteiger charge is 2.09. The number of hydrogen-bond donors (Lipinski definition) is 2. The molecule has 1 heterocycles. The van der Waals surface area contributed by atoms with Crippen molar-refractivity contribution in [2.24, 2.45) is 5.73 Å². The summed E-state index contributed by atoms with van der Waals surface area (Å²) >= 11 is 0. The van der Waals surface area contributed by atoms with Gasteiger partial charge >= 0.3 is 5.97 Å². The molecule has 0 fully saturated rings. The maximum absolute atomic E-state index is 10.3. The maximum atomic E-state index is 10.3. The van der Waals surface area contributed by atoms with Gasteiger partial charge in [-0.1, -0.05) is 0 Å². The Hall–Kier alpha value is -1.36. The summed E-state index contributed by atoms with van der Waals surface area (Å²) in [5.74, 6) is -0.939. The van der Waals surface area contributed by atoms with E-state index in [2.05, 4.69) is 4.98 Å². The van der Waals surface area contributed by atoms with E-state index < -0.39 is 12.0 Å². The van der Waals surface area contributed by atoms with Gasteiger partial charge < -0.3 is 15.4 Å². The molecule has 0 unspecified atom stereocenters. The molecular weight excluding hydrogens is 170 g/mol. The van der Waals surface area contributed by atoms with Gasteiger partial charge in [0, 0.05) is 18.9 Å². The van der Waals surface area contributed by atoms with Gasteiger partial charge in [-0.3, -0.25) is 4.79 Å². The van der Waals surface area contributed by atoms with Crippen LogP contribution in [0, 0.1) is 0 Å². The van der Waals surface area contributed by atoms with E-state index in [1.807, 2.05) is 10.8 Å². The van der Waals surface area contributed by atoms with Crippen LogP contribution in [0.4, 0.5) is 0 Å². The van der Waals surface area contributed by atoms with Gasteiger partial charge in [0.15, 0.2) is 0 Å². The Bertz CT molecular complexity index is 258. The van der Waals surface area contributed by atoms with Gasteiger partial charge in [-0.2, -0.15) is 0 Å². The Morgan fingerprint density at radius 2 is 2.46 bits per heavy atom. The molecule has 0 amide bonds. The number of carboxylic acid groups (broad SMARTS) is 1. The molecular formula is C8H13N3O2. The van der Waals surface area contributed by atoms with Gasteiger partial charge in [-0.05, 0) is 12.8 Å². The quantitative estimate of drug-likeness (QED) is 0.677. The molecule has 0 aliphatic rings. The van der Waals surface area contributed by atoms with Gasteiger partial charge in [0.2, 0.25) is 0 Å². The highest BCUT2D eigenvalue weighted by molar-refractivity contribution is 5.72. The summed E-state index contributed by atoms with van der Waals surface area (Å²) in [5, 5.41) is 8.50. The average Bonchev–Trinajstić information content (AvgIpc) is 2.56. The van der Waals surface area contributed by atoms with Crippen molar-refractivity contribution >= 4 is 5.97 Å². The first kappa shape index (κ1) is 9.73. The van der Waals surface area contributed by atoms with Crippen molar-refractivity contribution in [2.75, 3.05) is 0 Å². The van der Waals surface area contributed by atoms with Gasteiger partial charge in [-0.15, -0.1) is 0 Å².